The zero-order valence-electron chi connectivity index (χ0n) is 8.56. The molecule has 0 saturated heterocycles. The van der Waals surface area contributed by atoms with E-state index in [0.717, 1.165) is 0 Å². The van der Waals surface area contributed by atoms with E-state index in [-0.39, 0.29) is 10.9 Å². The molecule has 80 valence electrons. The maximum absolute atomic E-state index is 11.6. The Balaban J connectivity index is 2.54. The first-order valence-corrected chi connectivity index (χ1v) is 6.15. The average Bonchev–Trinajstić information content (AvgIpc) is 2.39. The monoisotopic (exact) mass is 224 g/mol. The lowest BCUT2D eigenvalue weighted by atomic mass is 10.2. The second-order valence-electron chi connectivity index (χ2n) is 3.71. The summed E-state index contributed by atoms with van der Waals surface area (Å²) in [6, 6.07) is 6.99. The van der Waals surface area contributed by atoms with Gasteiger partial charge in [-0.2, -0.15) is 8.42 Å². The van der Waals surface area contributed by atoms with Gasteiger partial charge in [-0.3, -0.25) is 0 Å². The van der Waals surface area contributed by atoms with Gasteiger partial charge in [0.2, 0.25) is 0 Å². The second-order valence-corrected chi connectivity index (χ2v) is 5.28. The Kier molecular flexibility index (Phi) is 2.26. The lowest BCUT2D eigenvalue weighted by Gasteiger charge is -2.08. The number of benzene rings is 1. The molecule has 1 heterocycles. The molecule has 0 radical (unpaired) electrons. The Morgan fingerprint density at radius 1 is 1.27 bits per heavy atom. The van der Waals surface area contributed by atoms with E-state index in [4.69, 9.17) is 0 Å². The molecule has 1 aromatic rings. The highest BCUT2D eigenvalue weighted by Crippen LogP contribution is 2.24. The van der Waals surface area contributed by atoms with Gasteiger partial charge in [0.15, 0.2) is 0 Å². The normalized spacial score (nSPS) is 17.4. The highest BCUT2D eigenvalue weighted by molar-refractivity contribution is 7.90. The molecule has 0 aliphatic carbocycles. The summed E-state index contributed by atoms with van der Waals surface area (Å²) in [5.41, 5.74) is 0.659. The summed E-state index contributed by atoms with van der Waals surface area (Å²) in [4.78, 5) is 0.285. The second kappa shape index (κ2) is 3.34. The molecule has 0 aromatic heterocycles. The van der Waals surface area contributed by atoms with Crippen LogP contribution in [0.25, 0.3) is 0 Å². The Bertz CT molecular complexity index is 518. The smallest absolute Gasteiger partial charge is 0.285 e. The van der Waals surface area contributed by atoms with Crippen LogP contribution in [-0.2, 0) is 10.0 Å². The van der Waals surface area contributed by atoms with Crippen LogP contribution in [0.15, 0.2) is 33.6 Å². The number of nitrogens with one attached hydrogen (secondary N) is 1. The summed E-state index contributed by atoms with van der Waals surface area (Å²) in [5, 5.41) is 3.02. The number of hydrogen-bond donors (Lipinski definition) is 1. The third-order valence-corrected chi connectivity index (χ3v) is 3.39. The maximum atomic E-state index is 11.6. The number of sulfonamides is 1. The van der Waals surface area contributed by atoms with E-state index in [0.29, 0.717) is 11.4 Å². The van der Waals surface area contributed by atoms with Gasteiger partial charge in [0.05, 0.1) is 0 Å². The van der Waals surface area contributed by atoms with Gasteiger partial charge in [-0.25, -0.2) is 0 Å². The zero-order valence-corrected chi connectivity index (χ0v) is 9.38. The molecule has 1 aliphatic rings. The van der Waals surface area contributed by atoms with Crippen LogP contribution >= 0.6 is 0 Å². The third kappa shape index (κ3) is 1.74. The first-order valence-electron chi connectivity index (χ1n) is 4.71. The predicted molar refractivity (Wildman–Crippen MR) is 58.4 cm³/mol. The Labute approximate surface area is 89.1 Å². The van der Waals surface area contributed by atoms with Crippen molar-refractivity contribution >= 4 is 15.9 Å². The summed E-state index contributed by atoms with van der Waals surface area (Å²) >= 11 is 0. The molecule has 0 saturated carbocycles. The van der Waals surface area contributed by atoms with Crippen LogP contribution in [0.5, 0.6) is 0 Å². The SMILES string of the molecule is CC(C)NC1=NS(=O)(=O)c2ccccc21. The van der Waals surface area contributed by atoms with Crippen LogP contribution in [0, 0.1) is 0 Å². The van der Waals surface area contributed by atoms with E-state index < -0.39 is 10.0 Å². The molecule has 4 nitrogen and oxygen atoms in total. The predicted octanol–water partition coefficient (Wildman–Crippen LogP) is 1.13. The fourth-order valence-electron chi connectivity index (χ4n) is 1.48. The molecule has 0 spiro atoms. The molecule has 15 heavy (non-hydrogen) atoms. The Morgan fingerprint density at radius 2 is 1.93 bits per heavy atom. The molecule has 1 N–H and O–H groups in total. The number of nitrogens with zero attached hydrogens (tertiary/aromatic N) is 1. The highest BCUT2D eigenvalue weighted by atomic mass is 32.2. The average molecular weight is 224 g/mol. The molecular weight excluding hydrogens is 212 g/mol. The number of rotatable bonds is 1. The van der Waals surface area contributed by atoms with Gasteiger partial charge in [-0.15, -0.1) is 4.40 Å². The van der Waals surface area contributed by atoms with Gasteiger partial charge in [-0.1, -0.05) is 12.1 Å². The minimum absolute atomic E-state index is 0.158. The van der Waals surface area contributed by atoms with E-state index in [9.17, 15) is 8.42 Å². The van der Waals surface area contributed by atoms with Gasteiger partial charge in [-0.05, 0) is 26.0 Å². The maximum Gasteiger partial charge on any atom is 0.285 e. The minimum Gasteiger partial charge on any atom is -0.367 e. The zero-order chi connectivity index (χ0) is 11.1. The van der Waals surface area contributed by atoms with Crippen LogP contribution < -0.4 is 5.32 Å². The topological polar surface area (TPSA) is 58.5 Å². The number of fused-ring (bicyclic) bond motifs is 1. The van der Waals surface area contributed by atoms with Gasteiger partial charge in [0, 0.05) is 11.6 Å². The van der Waals surface area contributed by atoms with Crippen LogP contribution in [0.3, 0.4) is 0 Å². The molecule has 0 fully saturated rings. The lowest BCUT2D eigenvalue weighted by Crippen LogP contribution is -2.29. The van der Waals surface area contributed by atoms with Crippen LogP contribution in [0.4, 0.5) is 0 Å². The molecule has 0 unspecified atom stereocenters. The summed E-state index contributed by atoms with van der Waals surface area (Å²) in [5.74, 6) is 0.445. The molecular formula is C10H12N2O2S. The lowest BCUT2D eigenvalue weighted by molar-refractivity contribution is 0.599. The fourth-order valence-corrected chi connectivity index (χ4v) is 2.67. The summed E-state index contributed by atoms with van der Waals surface area (Å²) < 4.78 is 26.9. The van der Waals surface area contributed by atoms with Crippen molar-refractivity contribution in [1.82, 2.24) is 5.32 Å². The molecule has 1 aliphatic heterocycles. The van der Waals surface area contributed by atoms with Crippen LogP contribution in [0.1, 0.15) is 19.4 Å². The van der Waals surface area contributed by atoms with Crippen molar-refractivity contribution in [1.29, 1.82) is 0 Å². The highest BCUT2D eigenvalue weighted by Gasteiger charge is 2.28. The first kappa shape index (κ1) is 10.2. The Hall–Kier alpha value is -1.36. The molecule has 0 amide bonds. The molecule has 2 rings (SSSR count). The van der Waals surface area contributed by atoms with E-state index in [1.807, 2.05) is 13.8 Å². The molecule has 1 aromatic carbocycles. The Morgan fingerprint density at radius 3 is 2.60 bits per heavy atom. The fraction of sp³-hybridized carbons (Fsp3) is 0.300. The largest absolute Gasteiger partial charge is 0.367 e. The van der Waals surface area contributed by atoms with Crippen molar-refractivity contribution in [2.75, 3.05) is 0 Å². The first-order chi connectivity index (χ1) is 7.00. The van der Waals surface area contributed by atoms with Crippen molar-refractivity contribution in [2.24, 2.45) is 4.40 Å². The van der Waals surface area contributed by atoms with Gasteiger partial charge < -0.3 is 5.32 Å². The van der Waals surface area contributed by atoms with E-state index >= 15 is 0 Å². The third-order valence-electron chi connectivity index (χ3n) is 2.06. The number of hydrogen-bond acceptors (Lipinski definition) is 3. The standard InChI is InChI=1S/C10H12N2O2S/c1-7(2)11-10-8-5-3-4-6-9(8)15(13,14)12-10/h3-7H,1-2H3,(H,11,12). The van der Waals surface area contributed by atoms with E-state index in [1.165, 1.54) is 0 Å². The van der Waals surface area contributed by atoms with Gasteiger partial charge >= 0.3 is 0 Å². The van der Waals surface area contributed by atoms with Crippen molar-refractivity contribution in [2.45, 2.75) is 24.8 Å². The van der Waals surface area contributed by atoms with Crippen LogP contribution in [0.2, 0.25) is 0 Å². The van der Waals surface area contributed by atoms with Gasteiger partial charge in [0.25, 0.3) is 10.0 Å². The van der Waals surface area contributed by atoms with E-state index in [2.05, 4.69) is 9.71 Å². The minimum atomic E-state index is -3.47. The molecule has 5 heteroatoms. The van der Waals surface area contributed by atoms with Crippen molar-refractivity contribution in [3.63, 3.8) is 0 Å². The summed E-state index contributed by atoms with van der Waals surface area (Å²) in [6.07, 6.45) is 0. The van der Waals surface area contributed by atoms with Crippen LogP contribution in [-0.4, -0.2) is 20.3 Å². The van der Waals surface area contributed by atoms with Crippen molar-refractivity contribution in [3.05, 3.63) is 29.8 Å². The van der Waals surface area contributed by atoms with Gasteiger partial charge in [0.1, 0.15) is 10.7 Å². The summed E-state index contributed by atoms with van der Waals surface area (Å²) in [7, 11) is -3.47. The molecule has 0 bridgehead atoms. The quantitative estimate of drug-likeness (QED) is 0.778. The summed E-state index contributed by atoms with van der Waals surface area (Å²) in [6.45, 7) is 3.88. The number of amidine groups is 1. The van der Waals surface area contributed by atoms with Crippen molar-refractivity contribution in [3.8, 4) is 0 Å². The van der Waals surface area contributed by atoms with E-state index in [1.54, 1.807) is 24.3 Å². The van der Waals surface area contributed by atoms with Crippen molar-refractivity contribution < 1.29 is 8.42 Å². The molecule has 0 atom stereocenters.